The monoisotopic (exact) mass is 1160 g/mol. The van der Waals surface area contributed by atoms with E-state index in [9.17, 15) is 14.4 Å². The Morgan fingerprint density at radius 2 is 0.402 bits per heavy atom. The second kappa shape index (κ2) is 71.6. The highest BCUT2D eigenvalue weighted by Gasteiger charge is 2.20. The number of allylic oxidation sites excluding steroid dienone is 2. The molecule has 0 aromatic carbocycles. The third kappa shape index (κ3) is 68.9. The Bertz CT molecular complexity index is 1280. The van der Waals surface area contributed by atoms with Crippen LogP contribution in [0, 0.1) is 0 Å². The van der Waals surface area contributed by atoms with Crippen LogP contribution in [0.1, 0.15) is 438 Å². The van der Waals surface area contributed by atoms with Gasteiger partial charge in [0.15, 0.2) is 6.10 Å². The Morgan fingerprint density at radius 3 is 0.610 bits per heavy atom. The maximum atomic E-state index is 13.0. The fourth-order valence-electron chi connectivity index (χ4n) is 11.9. The predicted molar refractivity (Wildman–Crippen MR) is 358 cm³/mol. The number of ether oxygens (including phenoxy) is 3. The summed E-state index contributed by atoms with van der Waals surface area (Å²) >= 11 is 0. The molecule has 486 valence electrons. The van der Waals surface area contributed by atoms with E-state index in [1.54, 1.807) is 0 Å². The van der Waals surface area contributed by atoms with Crippen molar-refractivity contribution in [3.63, 3.8) is 0 Å². The average Bonchev–Trinajstić information content (AvgIpc) is 3.47. The molecule has 0 aromatic rings. The molecule has 0 aromatic heterocycles. The van der Waals surface area contributed by atoms with E-state index in [1.165, 1.54) is 340 Å². The lowest BCUT2D eigenvalue weighted by Gasteiger charge is -2.18. The Morgan fingerprint density at radius 1 is 0.232 bits per heavy atom. The third-order valence-electron chi connectivity index (χ3n) is 17.5. The van der Waals surface area contributed by atoms with Gasteiger partial charge in [0.2, 0.25) is 0 Å². The maximum absolute atomic E-state index is 13.0. The van der Waals surface area contributed by atoms with Crippen LogP contribution in [-0.2, 0) is 28.6 Å². The summed E-state index contributed by atoms with van der Waals surface area (Å²) in [6.07, 6.45) is 86.9. The number of unbranched alkanes of at least 4 members (excludes halogenated alkanes) is 58. The fraction of sp³-hybridized carbons (Fsp3) is 0.934. The van der Waals surface area contributed by atoms with Crippen molar-refractivity contribution >= 4 is 17.9 Å². The van der Waals surface area contributed by atoms with Crippen molar-refractivity contribution in [2.75, 3.05) is 13.2 Å². The van der Waals surface area contributed by atoms with Gasteiger partial charge in [-0.05, 0) is 44.9 Å². The normalized spacial score (nSPS) is 12.0. The lowest BCUT2D eigenvalue weighted by Crippen LogP contribution is -2.30. The smallest absolute Gasteiger partial charge is 0.306 e. The summed E-state index contributed by atoms with van der Waals surface area (Å²) in [6.45, 7) is 6.74. The number of hydrogen-bond donors (Lipinski definition) is 0. The van der Waals surface area contributed by atoms with Crippen LogP contribution >= 0.6 is 0 Å². The van der Waals surface area contributed by atoms with Gasteiger partial charge < -0.3 is 14.2 Å². The molecule has 0 spiro atoms. The molecule has 0 saturated carbocycles. The standard InChI is InChI=1S/C76H146O6/c1-4-7-10-13-16-19-22-25-28-31-33-34-35-36-37-38-39-40-41-42-43-44-46-48-51-54-57-60-63-66-69-75(78)81-72-73(71-80-74(77)68-65-62-59-56-53-50-47-30-27-24-21-18-15-12-9-6-3)82-76(79)70-67-64-61-58-55-52-49-45-32-29-26-23-20-17-14-11-8-5-2/h29,32,73H,4-28,30-31,33-72H2,1-3H3/b32-29-. The molecular weight excluding hydrogens is 1010 g/mol. The summed E-state index contributed by atoms with van der Waals surface area (Å²) in [5.74, 6) is -0.831. The van der Waals surface area contributed by atoms with Crippen LogP contribution in [0.3, 0.4) is 0 Å². The second-order valence-corrected chi connectivity index (χ2v) is 25.9. The molecule has 0 bridgehead atoms. The van der Waals surface area contributed by atoms with Crippen molar-refractivity contribution in [3.8, 4) is 0 Å². The molecule has 0 saturated heterocycles. The van der Waals surface area contributed by atoms with Crippen LogP contribution in [0.5, 0.6) is 0 Å². The molecule has 0 radical (unpaired) electrons. The first-order valence-electron chi connectivity index (χ1n) is 37.7. The lowest BCUT2D eigenvalue weighted by atomic mass is 10.0. The predicted octanol–water partition coefficient (Wildman–Crippen LogP) is 26.0. The minimum Gasteiger partial charge on any atom is -0.462 e. The highest BCUT2D eigenvalue weighted by Crippen LogP contribution is 2.20. The first-order chi connectivity index (χ1) is 40.5. The van der Waals surface area contributed by atoms with E-state index in [2.05, 4.69) is 32.9 Å². The second-order valence-electron chi connectivity index (χ2n) is 25.9. The zero-order chi connectivity index (χ0) is 59.2. The summed E-state index contributed by atoms with van der Waals surface area (Å²) in [5.41, 5.74) is 0. The first-order valence-corrected chi connectivity index (χ1v) is 37.7. The van der Waals surface area contributed by atoms with E-state index in [-0.39, 0.29) is 31.1 Å². The van der Waals surface area contributed by atoms with E-state index < -0.39 is 6.10 Å². The Balaban J connectivity index is 4.17. The molecule has 0 aliphatic rings. The zero-order valence-corrected chi connectivity index (χ0v) is 56.1. The average molecular weight is 1160 g/mol. The van der Waals surface area contributed by atoms with Gasteiger partial charge in [-0.3, -0.25) is 14.4 Å². The molecule has 0 aliphatic carbocycles. The van der Waals surface area contributed by atoms with Gasteiger partial charge >= 0.3 is 17.9 Å². The van der Waals surface area contributed by atoms with Crippen molar-refractivity contribution in [3.05, 3.63) is 12.2 Å². The van der Waals surface area contributed by atoms with Gasteiger partial charge in [0.05, 0.1) is 0 Å². The van der Waals surface area contributed by atoms with E-state index in [1.807, 2.05) is 0 Å². The van der Waals surface area contributed by atoms with Gasteiger partial charge in [-0.25, -0.2) is 0 Å². The van der Waals surface area contributed by atoms with E-state index in [0.717, 1.165) is 57.8 Å². The van der Waals surface area contributed by atoms with Gasteiger partial charge in [-0.1, -0.05) is 386 Å². The highest BCUT2D eigenvalue weighted by molar-refractivity contribution is 5.71. The van der Waals surface area contributed by atoms with E-state index in [4.69, 9.17) is 14.2 Å². The quantitative estimate of drug-likeness (QED) is 0.0261. The Kier molecular flexibility index (Phi) is 70.0. The van der Waals surface area contributed by atoms with Crippen molar-refractivity contribution < 1.29 is 28.6 Å². The highest BCUT2D eigenvalue weighted by atomic mass is 16.6. The number of carbonyl (C=O) groups is 3. The van der Waals surface area contributed by atoms with Gasteiger partial charge in [0.25, 0.3) is 0 Å². The minimum atomic E-state index is -0.769. The number of esters is 3. The van der Waals surface area contributed by atoms with Gasteiger partial charge in [0, 0.05) is 19.3 Å². The summed E-state index contributed by atoms with van der Waals surface area (Å²) in [5, 5.41) is 0. The van der Waals surface area contributed by atoms with Crippen LogP contribution in [0.15, 0.2) is 12.2 Å². The number of carbonyl (C=O) groups excluding carboxylic acids is 3. The molecule has 0 fully saturated rings. The van der Waals surface area contributed by atoms with E-state index in [0.29, 0.717) is 19.3 Å². The van der Waals surface area contributed by atoms with Crippen LogP contribution in [0.2, 0.25) is 0 Å². The molecule has 1 unspecified atom stereocenters. The molecule has 0 heterocycles. The third-order valence-corrected chi connectivity index (χ3v) is 17.5. The van der Waals surface area contributed by atoms with Crippen LogP contribution in [0.4, 0.5) is 0 Å². The van der Waals surface area contributed by atoms with Gasteiger partial charge in [-0.2, -0.15) is 0 Å². The molecule has 1 atom stereocenters. The molecule has 6 heteroatoms. The van der Waals surface area contributed by atoms with Crippen molar-refractivity contribution in [2.24, 2.45) is 0 Å². The number of rotatable bonds is 71. The zero-order valence-electron chi connectivity index (χ0n) is 56.1. The minimum absolute atomic E-state index is 0.0647. The fourth-order valence-corrected chi connectivity index (χ4v) is 11.9. The summed E-state index contributed by atoms with van der Waals surface area (Å²) < 4.78 is 17.0. The molecule has 0 N–H and O–H groups in total. The van der Waals surface area contributed by atoms with Crippen molar-refractivity contribution in [2.45, 2.75) is 444 Å². The molecule has 0 amide bonds. The van der Waals surface area contributed by atoms with Gasteiger partial charge in [0.1, 0.15) is 13.2 Å². The summed E-state index contributed by atoms with van der Waals surface area (Å²) in [6, 6.07) is 0. The lowest BCUT2D eigenvalue weighted by molar-refractivity contribution is -0.167. The van der Waals surface area contributed by atoms with E-state index >= 15 is 0 Å². The Labute approximate surface area is 513 Å². The largest absolute Gasteiger partial charge is 0.462 e. The van der Waals surface area contributed by atoms with Crippen molar-refractivity contribution in [1.29, 1.82) is 0 Å². The molecular formula is C76H146O6. The first kappa shape index (κ1) is 80.2. The topological polar surface area (TPSA) is 78.9 Å². The Hall–Kier alpha value is -1.85. The molecule has 0 rings (SSSR count). The number of hydrogen-bond acceptors (Lipinski definition) is 6. The molecule has 82 heavy (non-hydrogen) atoms. The van der Waals surface area contributed by atoms with Crippen molar-refractivity contribution in [1.82, 2.24) is 0 Å². The van der Waals surface area contributed by atoms with Crippen LogP contribution in [-0.4, -0.2) is 37.2 Å². The van der Waals surface area contributed by atoms with Crippen LogP contribution in [0.25, 0.3) is 0 Å². The summed E-state index contributed by atoms with van der Waals surface area (Å²) in [4.78, 5) is 38.5. The molecule has 6 nitrogen and oxygen atoms in total. The van der Waals surface area contributed by atoms with Crippen LogP contribution < -0.4 is 0 Å². The maximum Gasteiger partial charge on any atom is 0.306 e. The van der Waals surface area contributed by atoms with Gasteiger partial charge in [-0.15, -0.1) is 0 Å². The molecule has 0 aliphatic heterocycles. The summed E-state index contributed by atoms with van der Waals surface area (Å²) in [7, 11) is 0. The SMILES string of the molecule is CCCCCCCCC/C=C\CCCCCCCCCC(=O)OC(COC(=O)CCCCCCCCCCCCCCCCCC)COC(=O)CCCCCCCCCCCCCCCCCCCCCCCCCCCCCCCC.